The molecular weight excluding hydrogens is 350 g/mol. The third kappa shape index (κ3) is 2.91. The maximum absolute atomic E-state index is 14.0. The van der Waals surface area contributed by atoms with Crippen LogP contribution in [0.4, 0.5) is 20.3 Å². The number of anilines is 2. The minimum atomic E-state index is -2.52. The number of aromatic nitrogens is 2. The van der Waals surface area contributed by atoms with Gasteiger partial charge in [0.25, 0.3) is 6.43 Å². The molecule has 2 atom stereocenters. The van der Waals surface area contributed by atoms with Crippen molar-refractivity contribution in [1.29, 1.82) is 0 Å². The van der Waals surface area contributed by atoms with Gasteiger partial charge in [0.15, 0.2) is 11.0 Å². The first kappa shape index (κ1) is 16.5. The van der Waals surface area contributed by atoms with E-state index in [-0.39, 0.29) is 24.2 Å². The van der Waals surface area contributed by atoms with Crippen molar-refractivity contribution >= 4 is 23.1 Å². The van der Waals surface area contributed by atoms with Gasteiger partial charge in [0.2, 0.25) is 0 Å². The highest BCUT2D eigenvalue weighted by Gasteiger charge is 2.55. The summed E-state index contributed by atoms with van der Waals surface area (Å²) < 4.78 is 33.9. The van der Waals surface area contributed by atoms with Gasteiger partial charge < -0.3 is 15.0 Å². The Kier molecular flexibility index (Phi) is 4.21. The normalized spacial score (nSPS) is 24.8. The van der Waals surface area contributed by atoms with Gasteiger partial charge in [-0.2, -0.15) is 0 Å². The topological polar surface area (TPSA) is 50.3 Å². The summed E-state index contributed by atoms with van der Waals surface area (Å²) in [6.45, 7) is 0.862. The van der Waals surface area contributed by atoms with Crippen LogP contribution in [0.1, 0.15) is 12.0 Å². The van der Waals surface area contributed by atoms with Crippen molar-refractivity contribution in [2.24, 2.45) is 0 Å². The fraction of sp³-hybridized carbons (Fsp3) is 0.412. The summed E-state index contributed by atoms with van der Waals surface area (Å²) in [5, 5.41) is 10.9. The largest absolute Gasteiger partial charge is 0.372 e. The van der Waals surface area contributed by atoms with E-state index in [9.17, 15) is 8.78 Å². The number of ether oxygens (including phenoxy) is 1. The summed E-state index contributed by atoms with van der Waals surface area (Å²) in [5.41, 5.74) is 0.254. The lowest BCUT2D eigenvalue weighted by Gasteiger charge is -2.43. The number of nitrogens with one attached hydrogen (secondary N) is 1. The Balaban J connectivity index is 1.58. The van der Waals surface area contributed by atoms with Crippen molar-refractivity contribution in [3.8, 4) is 0 Å². The third-order valence-corrected chi connectivity index (χ3v) is 5.02. The molecule has 2 aromatic rings. The van der Waals surface area contributed by atoms with Gasteiger partial charge in [-0.3, -0.25) is 0 Å². The molecule has 5 nitrogen and oxygen atoms in total. The SMILES string of the molecule is FC(F)[C@@]12CNc3nnc(Cl)cc3N1C[C@@H](OCc1ccccc1)C2. The van der Waals surface area contributed by atoms with Gasteiger partial charge in [0.1, 0.15) is 5.54 Å². The first-order chi connectivity index (χ1) is 12.1. The van der Waals surface area contributed by atoms with E-state index in [1.807, 2.05) is 30.3 Å². The van der Waals surface area contributed by atoms with Gasteiger partial charge in [0.05, 0.1) is 18.4 Å². The number of hydrogen-bond acceptors (Lipinski definition) is 5. The van der Waals surface area contributed by atoms with Crippen molar-refractivity contribution in [1.82, 2.24) is 10.2 Å². The number of benzene rings is 1. The van der Waals surface area contributed by atoms with Crippen LogP contribution in [0.25, 0.3) is 0 Å². The van der Waals surface area contributed by atoms with Gasteiger partial charge in [-0.05, 0) is 5.56 Å². The summed E-state index contributed by atoms with van der Waals surface area (Å²) in [6, 6.07) is 11.3. The van der Waals surface area contributed by atoms with Crippen molar-refractivity contribution in [2.45, 2.75) is 31.1 Å². The Morgan fingerprint density at radius 2 is 2.12 bits per heavy atom. The van der Waals surface area contributed by atoms with Crippen molar-refractivity contribution in [3.05, 3.63) is 47.1 Å². The molecule has 1 fully saturated rings. The molecule has 2 aliphatic heterocycles. The van der Waals surface area contributed by atoms with Crippen LogP contribution in [-0.2, 0) is 11.3 Å². The fourth-order valence-electron chi connectivity index (χ4n) is 3.57. The zero-order valence-corrected chi connectivity index (χ0v) is 14.1. The van der Waals surface area contributed by atoms with Crippen LogP contribution in [0, 0.1) is 0 Å². The molecule has 0 saturated carbocycles. The van der Waals surface area contributed by atoms with E-state index in [1.165, 1.54) is 0 Å². The fourth-order valence-corrected chi connectivity index (χ4v) is 3.71. The molecule has 3 heterocycles. The predicted molar refractivity (Wildman–Crippen MR) is 91.2 cm³/mol. The number of fused-ring (bicyclic) bond motifs is 3. The second-order valence-corrected chi connectivity index (χ2v) is 6.78. The van der Waals surface area contributed by atoms with Crippen LogP contribution in [-0.4, -0.2) is 41.4 Å². The van der Waals surface area contributed by atoms with E-state index in [0.29, 0.717) is 24.7 Å². The van der Waals surface area contributed by atoms with Crippen LogP contribution < -0.4 is 10.2 Å². The van der Waals surface area contributed by atoms with Crippen LogP contribution in [0.5, 0.6) is 0 Å². The molecule has 0 aliphatic carbocycles. The molecule has 0 bridgehead atoms. The van der Waals surface area contributed by atoms with Crippen LogP contribution in [0.15, 0.2) is 36.4 Å². The zero-order chi connectivity index (χ0) is 17.4. The molecule has 1 N–H and O–H groups in total. The average Bonchev–Trinajstić information content (AvgIpc) is 3.01. The number of nitrogens with zero attached hydrogens (tertiary/aromatic N) is 3. The van der Waals surface area contributed by atoms with E-state index in [2.05, 4.69) is 15.5 Å². The molecule has 1 aromatic carbocycles. The summed E-state index contributed by atoms with van der Waals surface area (Å²) >= 11 is 5.92. The minimum absolute atomic E-state index is 0.0964. The molecule has 0 amide bonds. The second kappa shape index (κ2) is 6.38. The molecule has 1 saturated heterocycles. The smallest absolute Gasteiger partial charge is 0.263 e. The molecule has 25 heavy (non-hydrogen) atoms. The Morgan fingerprint density at radius 1 is 1.32 bits per heavy atom. The highest BCUT2D eigenvalue weighted by Crippen LogP contribution is 2.45. The molecule has 4 rings (SSSR count). The summed E-state index contributed by atoms with van der Waals surface area (Å²) in [7, 11) is 0. The van der Waals surface area contributed by atoms with Crippen LogP contribution in [0.2, 0.25) is 5.15 Å². The Hall–Kier alpha value is -1.99. The average molecular weight is 367 g/mol. The highest BCUT2D eigenvalue weighted by atomic mass is 35.5. The van der Waals surface area contributed by atoms with Gasteiger partial charge in [-0.15, -0.1) is 10.2 Å². The zero-order valence-electron chi connectivity index (χ0n) is 13.3. The maximum Gasteiger partial charge on any atom is 0.263 e. The summed E-state index contributed by atoms with van der Waals surface area (Å²) in [5.74, 6) is 0.476. The van der Waals surface area contributed by atoms with E-state index in [0.717, 1.165) is 5.56 Å². The summed E-state index contributed by atoms with van der Waals surface area (Å²) in [4.78, 5) is 1.68. The molecule has 0 unspecified atom stereocenters. The lowest BCUT2D eigenvalue weighted by Crippen LogP contribution is -2.57. The van der Waals surface area contributed by atoms with E-state index < -0.39 is 12.0 Å². The van der Waals surface area contributed by atoms with E-state index in [1.54, 1.807) is 11.0 Å². The first-order valence-corrected chi connectivity index (χ1v) is 8.45. The van der Waals surface area contributed by atoms with Gasteiger partial charge in [0, 0.05) is 25.6 Å². The number of rotatable bonds is 4. The maximum atomic E-state index is 14.0. The quantitative estimate of drug-likeness (QED) is 0.899. The van der Waals surface area contributed by atoms with Crippen molar-refractivity contribution in [3.63, 3.8) is 0 Å². The molecule has 1 aromatic heterocycles. The van der Waals surface area contributed by atoms with Crippen LogP contribution >= 0.6 is 11.6 Å². The number of alkyl halides is 2. The number of hydrogen-bond donors (Lipinski definition) is 1. The van der Waals surface area contributed by atoms with Crippen molar-refractivity contribution < 1.29 is 13.5 Å². The molecule has 132 valence electrons. The molecule has 2 aliphatic rings. The molecule has 8 heteroatoms. The lowest BCUT2D eigenvalue weighted by atomic mass is 9.93. The molecule has 0 spiro atoms. The minimum Gasteiger partial charge on any atom is -0.372 e. The second-order valence-electron chi connectivity index (χ2n) is 6.39. The monoisotopic (exact) mass is 366 g/mol. The standard InChI is InChI=1S/C17H17ClF2N4O/c18-14-6-13-15(23-22-14)21-10-17(16(19)20)7-12(8-24(13)17)25-9-11-4-2-1-3-5-11/h1-6,12,16H,7-10H2,(H,21,23)/t12-,17+/m0/s1. The third-order valence-electron chi connectivity index (χ3n) is 4.84. The Bertz CT molecular complexity index is 764. The van der Waals surface area contributed by atoms with Crippen molar-refractivity contribution in [2.75, 3.05) is 23.3 Å². The Morgan fingerprint density at radius 3 is 2.88 bits per heavy atom. The number of halogens is 3. The lowest BCUT2D eigenvalue weighted by molar-refractivity contribution is 0.0216. The van der Waals surface area contributed by atoms with E-state index >= 15 is 0 Å². The van der Waals surface area contributed by atoms with Gasteiger partial charge in [-0.25, -0.2) is 8.78 Å². The molecule has 0 radical (unpaired) electrons. The van der Waals surface area contributed by atoms with Gasteiger partial charge >= 0.3 is 0 Å². The van der Waals surface area contributed by atoms with E-state index in [4.69, 9.17) is 16.3 Å². The predicted octanol–water partition coefficient (Wildman–Crippen LogP) is 3.35. The Labute approximate surface area is 148 Å². The summed E-state index contributed by atoms with van der Waals surface area (Å²) in [6.07, 6.45) is -2.58. The van der Waals surface area contributed by atoms with Gasteiger partial charge in [-0.1, -0.05) is 41.9 Å². The highest BCUT2D eigenvalue weighted by molar-refractivity contribution is 6.29. The first-order valence-electron chi connectivity index (χ1n) is 8.07. The molecular formula is C17H17ClF2N4O. The van der Waals surface area contributed by atoms with Crippen LogP contribution in [0.3, 0.4) is 0 Å².